The number of carbonyl (C=O) groups excluding carboxylic acids is 2. The predicted octanol–water partition coefficient (Wildman–Crippen LogP) is 2.82. The zero-order chi connectivity index (χ0) is 21.1. The van der Waals surface area contributed by atoms with Gasteiger partial charge in [-0.2, -0.15) is 5.26 Å². The van der Waals surface area contributed by atoms with E-state index in [4.69, 9.17) is 19.9 Å². The van der Waals surface area contributed by atoms with Crippen LogP contribution in [0.2, 0.25) is 0 Å². The molecule has 1 aliphatic carbocycles. The van der Waals surface area contributed by atoms with Crippen LogP contribution in [-0.2, 0) is 19.1 Å². The van der Waals surface area contributed by atoms with Crippen LogP contribution < -0.4 is 15.2 Å². The Bertz CT molecular complexity index is 976. The average Bonchev–Trinajstić information content (AvgIpc) is 2.71. The lowest BCUT2D eigenvalue weighted by Crippen LogP contribution is -2.27. The molecule has 3 rings (SSSR count). The highest BCUT2D eigenvalue weighted by molar-refractivity contribution is 9.10. The summed E-state index contributed by atoms with van der Waals surface area (Å²) in [6, 6.07) is 5.34. The number of rotatable bonds is 5. The van der Waals surface area contributed by atoms with Gasteiger partial charge in [0.2, 0.25) is 5.88 Å². The van der Waals surface area contributed by atoms with Gasteiger partial charge >= 0.3 is 5.97 Å². The number of hydrogen-bond donors (Lipinski definition) is 1. The van der Waals surface area contributed by atoms with Crippen LogP contribution in [-0.4, -0.2) is 32.6 Å². The van der Waals surface area contributed by atoms with Crippen molar-refractivity contribution < 1.29 is 28.5 Å². The molecule has 0 saturated heterocycles. The minimum atomic E-state index is -0.686. The van der Waals surface area contributed by atoms with Crippen molar-refractivity contribution in [2.24, 2.45) is 5.73 Å². The first-order chi connectivity index (χ1) is 13.9. The molecular weight excluding hydrogens is 444 g/mol. The molecular formula is C20H19BrN2O6. The molecule has 29 heavy (non-hydrogen) atoms. The van der Waals surface area contributed by atoms with E-state index in [1.165, 1.54) is 14.2 Å². The number of carbonyl (C=O) groups is 2. The minimum absolute atomic E-state index is 0.0113. The molecule has 1 aromatic rings. The van der Waals surface area contributed by atoms with Gasteiger partial charge < -0.3 is 24.7 Å². The zero-order valence-electron chi connectivity index (χ0n) is 15.9. The van der Waals surface area contributed by atoms with Crippen LogP contribution in [0.3, 0.4) is 0 Å². The molecule has 0 saturated carbocycles. The van der Waals surface area contributed by atoms with Crippen molar-refractivity contribution in [1.29, 1.82) is 5.26 Å². The van der Waals surface area contributed by atoms with E-state index in [-0.39, 0.29) is 23.8 Å². The molecule has 0 unspecified atom stereocenters. The summed E-state index contributed by atoms with van der Waals surface area (Å²) in [5, 5.41) is 9.69. The Morgan fingerprint density at radius 2 is 2.10 bits per heavy atom. The van der Waals surface area contributed by atoms with Crippen LogP contribution >= 0.6 is 15.9 Å². The first kappa shape index (κ1) is 20.7. The maximum atomic E-state index is 12.7. The van der Waals surface area contributed by atoms with Crippen LogP contribution in [0.4, 0.5) is 0 Å². The van der Waals surface area contributed by atoms with E-state index in [0.29, 0.717) is 52.1 Å². The van der Waals surface area contributed by atoms with Crippen molar-refractivity contribution in [2.75, 3.05) is 20.8 Å². The second-order valence-electron chi connectivity index (χ2n) is 6.43. The van der Waals surface area contributed by atoms with Crippen molar-refractivity contribution in [3.05, 3.63) is 45.0 Å². The van der Waals surface area contributed by atoms with Crippen molar-refractivity contribution in [3.63, 3.8) is 0 Å². The fourth-order valence-electron chi connectivity index (χ4n) is 3.41. The van der Waals surface area contributed by atoms with Gasteiger partial charge in [-0.15, -0.1) is 0 Å². The molecule has 1 atom stereocenters. The summed E-state index contributed by atoms with van der Waals surface area (Å²) in [7, 11) is 2.72. The Morgan fingerprint density at radius 1 is 1.34 bits per heavy atom. The Labute approximate surface area is 176 Å². The lowest BCUT2D eigenvalue weighted by molar-refractivity contribution is -0.142. The quantitative estimate of drug-likeness (QED) is 0.662. The SMILES string of the molecule is COC(=O)COc1cc(Br)c([C@@H]2C(C#N)=C(N)OC3=C2C(=O)CCC3)cc1OC. The second-order valence-corrected chi connectivity index (χ2v) is 7.28. The molecule has 0 spiro atoms. The normalized spacial score (nSPS) is 18.6. The Kier molecular flexibility index (Phi) is 6.13. The molecule has 0 aromatic heterocycles. The summed E-state index contributed by atoms with van der Waals surface area (Å²) in [6.07, 6.45) is 1.63. The van der Waals surface area contributed by atoms with Crippen LogP contribution in [0.1, 0.15) is 30.7 Å². The number of allylic oxidation sites excluding steroid dienone is 3. The van der Waals surface area contributed by atoms with Gasteiger partial charge in [0.1, 0.15) is 17.4 Å². The number of methoxy groups -OCH3 is 2. The predicted molar refractivity (Wildman–Crippen MR) is 105 cm³/mol. The number of benzene rings is 1. The zero-order valence-corrected chi connectivity index (χ0v) is 17.5. The highest BCUT2D eigenvalue weighted by Gasteiger charge is 2.39. The number of Topliss-reactive ketones (excluding diaryl/α,β-unsaturated/α-hetero) is 1. The molecule has 1 aromatic carbocycles. The highest BCUT2D eigenvalue weighted by Crippen LogP contribution is 2.47. The molecule has 8 nitrogen and oxygen atoms in total. The Hall–Kier alpha value is -2.99. The minimum Gasteiger partial charge on any atom is -0.493 e. The molecule has 0 amide bonds. The van der Waals surface area contributed by atoms with Gasteiger partial charge in [0.05, 0.1) is 20.1 Å². The van der Waals surface area contributed by atoms with Gasteiger partial charge in [-0.05, 0) is 24.1 Å². The van der Waals surface area contributed by atoms with Crippen molar-refractivity contribution >= 4 is 27.7 Å². The molecule has 9 heteroatoms. The number of ether oxygens (including phenoxy) is 4. The lowest BCUT2D eigenvalue weighted by Gasteiger charge is -2.31. The number of esters is 1. The van der Waals surface area contributed by atoms with Crippen molar-refractivity contribution in [2.45, 2.75) is 25.2 Å². The number of nitrogens with two attached hydrogens (primary N) is 1. The van der Waals surface area contributed by atoms with Crippen molar-refractivity contribution in [1.82, 2.24) is 0 Å². The summed E-state index contributed by atoms with van der Waals surface area (Å²) < 4.78 is 21.6. The maximum absolute atomic E-state index is 12.7. The second kappa shape index (κ2) is 8.57. The van der Waals surface area contributed by atoms with Gasteiger partial charge in [-0.3, -0.25) is 4.79 Å². The molecule has 1 heterocycles. The van der Waals surface area contributed by atoms with Gasteiger partial charge in [0.25, 0.3) is 0 Å². The third-order valence-corrected chi connectivity index (χ3v) is 5.46. The van der Waals surface area contributed by atoms with Crippen molar-refractivity contribution in [3.8, 4) is 17.6 Å². The number of nitrogens with zero attached hydrogens (tertiary/aromatic N) is 1. The third-order valence-electron chi connectivity index (χ3n) is 4.77. The summed E-state index contributed by atoms with van der Waals surface area (Å²) in [5.74, 6) is -0.174. The summed E-state index contributed by atoms with van der Waals surface area (Å²) in [4.78, 5) is 24.1. The van der Waals surface area contributed by atoms with Crippen LogP contribution in [0, 0.1) is 11.3 Å². The molecule has 0 bridgehead atoms. The lowest BCUT2D eigenvalue weighted by atomic mass is 9.77. The Morgan fingerprint density at radius 3 is 2.76 bits per heavy atom. The number of hydrogen-bond acceptors (Lipinski definition) is 8. The van der Waals surface area contributed by atoms with E-state index >= 15 is 0 Å². The van der Waals surface area contributed by atoms with E-state index < -0.39 is 11.9 Å². The number of ketones is 1. The standard InChI is InChI=1S/C20H19BrN2O6/c1-26-15-6-10(12(21)7-16(15)28-9-17(25)27-2)18-11(8-22)20(23)29-14-5-3-4-13(24)19(14)18/h6-7,18H,3-5,9,23H2,1-2H3/t18-/m1/s1. The van der Waals surface area contributed by atoms with Crippen LogP contribution in [0.15, 0.2) is 39.4 Å². The van der Waals surface area contributed by atoms with E-state index in [9.17, 15) is 14.9 Å². The average molecular weight is 463 g/mol. The molecule has 2 aliphatic rings. The maximum Gasteiger partial charge on any atom is 0.343 e. The smallest absolute Gasteiger partial charge is 0.343 e. The van der Waals surface area contributed by atoms with Gasteiger partial charge in [0.15, 0.2) is 23.9 Å². The van der Waals surface area contributed by atoms with Gasteiger partial charge in [-0.25, -0.2) is 4.79 Å². The summed E-state index contributed by atoms with van der Waals surface area (Å²) in [6.45, 7) is -0.292. The number of nitriles is 1. The van der Waals surface area contributed by atoms with E-state index in [1.807, 2.05) is 0 Å². The fourth-order valence-corrected chi connectivity index (χ4v) is 3.96. The highest BCUT2D eigenvalue weighted by atomic mass is 79.9. The van der Waals surface area contributed by atoms with E-state index in [1.54, 1.807) is 12.1 Å². The first-order valence-corrected chi connectivity index (χ1v) is 9.61. The molecule has 152 valence electrons. The summed E-state index contributed by atoms with van der Waals surface area (Å²) >= 11 is 3.48. The topological polar surface area (TPSA) is 121 Å². The molecule has 0 radical (unpaired) electrons. The largest absolute Gasteiger partial charge is 0.493 e. The van der Waals surface area contributed by atoms with Crippen LogP contribution in [0.25, 0.3) is 0 Å². The van der Waals surface area contributed by atoms with E-state index in [0.717, 1.165) is 0 Å². The number of halogens is 1. The monoisotopic (exact) mass is 462 g/mol. The molecule has 0 fully saturated rings. The Balaban J connectivity index is 2.10. The van der Waals surface area contributed by atoms with Gasteiger partial charge in [-0.1, -0.05) is 15.9 Å². The first-order valence-electron chi connectivity index (χ1n) is 8.82. The van der Waals surface area contributed by atoms with Crippen LogP contribution in [0.5, 0.6) is 11.5 Å². The fraction of sp³-hybridized carbons (Fsp3) is 0.350. The molecule has 1 aliphatic heterocycles. The summed E-state index contributed by atoms with van der Waals surface area (Å²) in [5.41, 5.74) is 7.19. The van der Waals surface area contributed by atoms with E-state index in [2.05, 4.69) is 26.7 Å². The molecule has 2 N–H and O–H groups in total. The third kappa shape index (κ3) is 3.93. The van der Waals surface area contributed by atoms with Gasteiger partial charge in [0, 0.05) is 22.9 Å².